The summed E-state index contributed by atoms with van der Waals surface area (Å²) in [5, 5.41) is 3.08. The number of nitrogens with zero attached hydrogens (tertiary/aromatic N) is 1. The average molecular weight is 384 g/mol. The molecule has 1 aromatic carbocycles. The molecule has 2 amide bonds. The summed E-state index contributed by atoms with van der Waals surface area (Å²) >= 11 is 0. The lowest BCUT2D eigenvalue weighted by molar-refractivity contribution is -0.117. The van der Waals surface area contributed by atoms with E-state index in [1.54, 1.807) is 4.90 Å². The van der Waals surface area contributed by atoms with Crippen LogP contribution in [0.3, 0.4) is 0 Å². The Kier molecular flexibility index (Phi) is 5.13. The SMILES string of the molecule is CC1(OC(=O)N2CCC(NC(=O)c3ccc(C4CCC(=O)C4)cc3)CC2)CC1. The Labute approximate surface area is 165 Å². The van der Waals surface area contributed by atoms with Gasteiger partial charge in [0.2, 0.25) is 0 Å². The first-order valence-electron chi connectivity index (χ1n) is 10.3. The summed E-state index contributed by atoms with van der Waals surface area (Å²) in [4.78, 5) is 37.9. The molecule has 0 aromatic heterocycles. The van der Waals surface area contributed by atoms with Gasteiger partial charge in [-0.15, -0.1) is 0 Å². The van der Waals surface area contributed by atoms with E-state index in [9.17, 15) is 14.4 Å². The molecule has 3 aliphatic rings. The molecule has 1 aromatic rings. The number of Topliss-reactive ketones (excluding diaryl/α,β-unsaturated/α-hetero) is 1. The van der Waals surface area contributed by atoms with Crippen LogP contribution < -0.4 is 5.32 Å². The first-order valence-corrected chi connectivity index (χ1v) is 10.3. The molecule has 28 heavy (non-hydrogen) atoms. The molecule has 0 spiro atoms. The van der Waals surface area contributed by atoms with Gasteiger partial charge in [-0.3, -0.25) is 9.59 Å². The van der Waals surface area contributed by atoms with Crippen LogP contribution in [0.4, 0.5) is 4.79 Å². The zero-order chi connectivity index (χ0) is 19.7. The van der Waals surface area contributed by atoms with E-state index in [1.807, 2.05) is 31.2 Å². The van der Waals surface area contributed by atoms with Crippen LogP contribution in [0.5, 0.6) is 0 Å². The fourth-order valence-electron chi connectivity index (χ4n) is 4.03. The molecule has 1 heterocycles. The number of rotatable bonds is 4. The standard InChI is InChI=1S/C22H28N2O4/c1-22(10-11-22)28-21(27)24-12-8-18(9-13-24)23-20(26)16-4-2-15(3-5-16)17-6-7-19(25)14-17/h2-5,17-18H,6-14H2,1H3,(H,23,26). The van der Waals surface area contributed by atoms with Crippen molar-refractivity contribution in [1.82, 2.24) is 10.2 Å². The van der Waals surface area contributed by atoms with Crippen molar-refractivity contribution in [3.63, 3.8) is 0 Å². The molecule has 0 bridgehead atoms. The third-order valence-electron chi connectivity index (χ3n) is 6.27. The van der Waals surface area contributed by atoms with E-state index in [0.29, 0.717) is 43.2 Å². The van der Waals surface area contributed by atoms with Gasteiger partial charge in [0.05, 0.1) is 0 Å². The maximum absolute atomic E-state index is 12.5. The van der Waals surface area contributed by atoms with Gasteiger partial charge in [0.1, 0.15) is 11.4 Å². The minimum absolute atomic E-state index is 0.0696. The summed E-state index contributed by atoms with van der Waals surface area (Å²) in [6.45, 7) is 3.18. The van der Waals surface area contributed by atoms with Crippen molar-refractivity contribution in [1.29, 1.82) is 0 Å². The van der Waals surface area contributed by atoms with Crippen molar-refractivity contribution in [3.05, 3.63) is 35.4 Å². The highest BCUT2D eigenvalue weighted by Gasteiger charge is 2.43. The van der Waals surface area contributed by atoms with E-state index < -0.39 is 0 Å². The zero-order valence-electron chi connectivity index (χ0n) is 16.4. The van der Waals surface area contributed by atoms with Gasteiger partial charge in [0.25, 0.3) is 5.91 Å². The smallest absolute Gasteiger partial charge is 0.410 e. The van der Waals surface area contributed by atoms with Crippen molar-refractivity contribution in [2.45, 2.75) is 69.4 Å². The highest BCUT2D eigenvalue weighted by atomic mass is 16.6. The molecule has 150 valence electrons. The predicted molar refractivity (Wildman–Crippen MR) is 104 cm³/mol. The summed E-state index contributed by atoms with van der Waals surface area (Å²) in [7, 11) is 0. The van der Waals surface area contributed by atoms with Crippen LogP contribution in [0.15, 0.2) is 24.3 Å². The Morgan fingerprint density at radius 3 is 2.36 bits per heavy atom. The number of ketones is 1. The molecule has 1 unspecified atom stereocenters. The van der Waals surface area contributed by atoms with E-state index in [0.717, 1.165) is 37.7 Å². The lowest BCUT2D eigenvalue weighted by Gasteiger charge is -2.32. The number of hydrogen-bond donors (Lipinski definition) is 1. The van der Waals surface area contributed by atoms with Crippen LogP contribution in [0.2, 0.25) is 0 Å². The molecule has 6 nitrogen and oxygen atoms in total. The van der Waals surface area contributed by atoms with Gasteiger partial charge in [0.15, 0.2) is 0 Å². The molecule has 3 fully saturated rings. The molecular formula is C22H28N2O4. The minimum atomic E-state index is -0.250. The number of piperidine rings is 1. The first-order chi connectivity index (χ1) is 13.4. The minimum Gasteiger partial charge on any atom is -0.443 e. The number of carbonyl (C=O) groups is 3. The molecule has 4 rings (SSSR count). The predicted octanol–water partition coefficient (Wildman–Crippen LogP) is 3.41. The fourth-order valence-corrected chi connectivity index (χ4v) is 4.03. The lowest BCUT2D eigenvalue weighted by Crippen LogP contribution is -2.47. The van der Waals surface area contributed by atoms with E-state index in [-0.39, 0.29) is 23.6 Å². The number of hydrogen-bond acceptors (Lipinski definition) is 4. The van der Waals surface area contributed by atoms with Crippen LogP contribution in [0, 0.1) is 0 Å². The van der Waals surface area contributed by atoms with Gasteiger partial charge in [0, 0.05) is 37.5 Å². The first kappa shape index (κ1) is 19.0. The molecule has 1 aliphatic heterocycles. The van der Waals surface area contributed by atoms with E-state index >= 15 is 0 Å². The van der Waals surface area contributed by atoms with E-state index in [4.69, 9.17) is 4.74 Å². The quantitative estimate of drug-likeness (QED) is 0.863. The van der Waals surface area contributed by atoms with Crippen LogP contribution in [-0.4, -0.2) is 47.4 Å². The Morgan fingerprint density at radius 2 is 1.79 bits per heavy atom. The number of amides is 2. The molecule has 6 heteroatoms. The molecule has 2 saturated carbocycles. The van der Waals surface area contributed by atoms with Crippen LogP contribution in [-0.2, 0) is 9.53 Å². The Balaban J connectivity index is 1.25. The monoisotopic (exact) mass is 384 g/mol. The normalized spacial score (nSPS) is 24.1. The highest BCUT2D eigenvalue weighted by Crippen LogP contribution is 2.39. The topological polar surface area (TPSA) is 75.7 Å². The van der Waals surface area contributed by atoms with Crippen molar-refractivity contribution in [2.75, 3.05) is 13.1 Å². The third-order valence-corrected chi connectivity index (χ3v) is 6.27. The second kappa shape index (κ2) is 7.57. The van der Waals surface area contributed by atoms with Gasteiger partial charge in [-0.2, -0.15) is 0 Å². The van der Waals surface area contributed by atoms with Crippen molar-refractivity contribution in [2.24, 2.45) is 0 Å². The Hall–Kier alpha value is -2.37. The van der Waals surface area contributed by atoms with E-state index in [2.05, 4.69) is 5.32 Å². The van der Waals surface area contributed by atoms with Gasteiger partial charge in [-0.05, 0) is 62.6 Å². The van der Waals surface area contributed by atoms with Crippen LogP contribution >= 0.6 is 0 Å². The summed E-state index contributed by atoms with van der Waals surface area (Å²) in [6, 6.07) is 7.69. The largest absolute Gasteiger partial charge is 0.443 e. The lowest BCUT2D eigenvalue weighted by atomic mass is 9.96. The van der Waals surface area contributed by atoms with Gasteiger partial charge in [-0.1, -0.05) is 12.1 Å². The van der Waals surface area contributed by atoms with Crippen molar-refractivity contribution >= 4 is 17.8 Å². The van der Waals surface area contributed by atoms with Gasteiger partial charge in [-0.25, -0.2) is 4.79 Å². The molecule has 1 atom stereocenters. The zero-order valence-corrected chi connectivity index (χ0v) is 16.4. The summed E-state index contributed by atoms with van der Waals surface area (Å²) < 4.78 is 5.51. The molecule has 1 N–H and O–H groups in total. The second-order valence-corrected chi connectivity index (χ2v) is 8.65. The molecule has 1 saturated heterocycles. The molecule has 0 radical (unpaired) electrons. The number of benzene rings is 1. The average Bonchev–Trinajstić information content (AvgIpc) is 3.25. The Bertz CT molecular complexity index is 761. The van der Waals surface area contributed by atoms with Crippen molar-refractivity contribution < 1.29 is 19.1 Å². The number of nitrogens with one attached hydrogen (secondary N) is 1. The summed E-state index contributed by atoms with van der Waals surface area (Å²) in [5.74, 6) is 0.542. The number of ether oxygens (including phenoxy) is 1. The van der Waals surface area contributed by atoms with Crippen LogP contribution in [0.1, 0.15) is 73.7 Å². The second-order valence-electron chi connectivity index (χ2n) is 8.65. The fraction of sp³-hybridized carbons (Fsp3) is 0.591. The summed E-state index contributed by atoms with van der Waals surface area (Å²) in [5.41, 5.74) is 1.52. The maximum Gasteiger partial charge on any atom is 0.410 e. The van der Waals surface area contributed by atoms with Gasteiger partial charge >= 0.3 is 6.09 Å². The summed E-state index contributed by atoms with van der Waals surface area (Å²) in [6.07, 6.45) is 5.32. The Morgan fingerprint density at radius 1 is 1.11 bits per heavy atom. The van der Waals surface area contributed by atoms with Crippen molar-refractivity contribution in [3.8, 4) is 0 Å². The number of carbonyl (C=O) groups excluding carboxylic acids is 3. The van der Waals surface area contributed by atoms with Crippen LogP contribution in [0.25, 0.3) is 0 Å². The number of likely N-dealkylation sites (tertiary alicyclic amines) is 1. The van der Waals surface area contributed by atoms with Gasteiger partial charge < -0.3 is 15.0 Å². The maximum atomic E-state index is 12.5. The third kappa shape index (κ3) is 4.37. The molecule has 2 aliphatic carbocycles. The van der Waals surface area contributed by atoms with E-state index in [1.165, 1.54) is 0 Å². The highest BCUT2D eigenvalue weighted by molar-refractivity contribution is 5.94. The molecular weight excluding hydrogens is 356 g/mol.